The molecule has 39 heavy (non-hydrogen) atoms. The second-order valence-corrected chi connectivity index (χ2v) is 12.1. The maximum atomic E-state index is 14.1. The van der Waals surface area contributed by atoms with Crippen molar-refractivity contribution in [3.05, 3.63) is 65.2 Å². The molecule has 2 aromatic rings. The molecule has 2 aliphatic heterocycles. The third kappa shape index (κ3) is 6.16. The molecule has 6 nitrogen and oxygen atoms in total. The van der Waals surface area contributed by atoms with Crippen LogP contribution in [0.4, 0.5) is 0 Å². The minimum Gasteiger partial charge on any atom is -0.497 e. The highest BCUT2D eigenvalue weighted by Gasteiger charge is 2.46. The number of nitrogens with one attached hydrogen (secondary N) is 1. The van der Waals surface area contributed by atoms with Crippen LogP contribution in [0.3, 0.4) is 0 Å². The van der Waals surface area contributed by atoms with E-state index in [0.717, 1.165) is 80.5 Å². The van der Waals surface area contributed by atoms with E-state index in [1.165, 1.54) is 12.8 Å². The van der Waals surface area contributed by atoms with Crippen LogP contribution in [0.1, 0.15) is 92.2 Å². The van der Waals surface area contributed by atoms with Crippen molar-refractivity contribution in [2.75, 3.05) is 33.3 Å². The summed E-state index contributed by atoms with van der Waals surface area (Å²) in [5, 5.41) is 3.29. The van der Waals surface area contributed by atoms with E-state index in [-0.39, 0.29) is 23.9 Å². The van der Waals surface area contributed by atoms with E-state index in [2.05, 4.69) is 29.0 Å². The number of hydrogen-bond acceptors (Lipinski definition) is 4. The Hall–Kier alpha value is -2.86. The number of amides is 2. The average molecular weight is 532 g/mol. The summed E-state index contributed by atoms with van der Waals surface area (Å²) in [4.78, 5) is 32.7. The van der Waals surface area contributed by atoms with Crippen molar-refractivity contribution in [1.29, 1.82) is 0 Å². The zero-order valence-corrected chi connectivity index (χ0v) is 23.9. The second kappa shape index (κ2) is 12.5. The fourth-order valence-corrected chi connectivity index (χ4v) is 7.35. The normalized spacial score (nSPS) is 26.2. The average Bonchev–Trinajstić information content (AvgIpc) is 2.95. The van der Waals surface area contributed by atoms with Gasteiger partial charge in [-0.3, -0.25) is 9.59 Å². The SMILES string of the molecule is COc1ccc([C@@H]2[C@H](C(=O)NCCCN3C[C@@H](C)C[C@H](C)C3)c3ccccc3C(=O)N2C2CCCCC2)cc1. The number of piperidine rings is 1. The van der Waals surface area contributed by atoms with Crippen LogP contribution in [0.5, 0.6) is 5.75 Å². The van der Waals surface area contributed by atoms with Crippen LogP contribution < -0.4 is 10.1 Å². The van der Waals surface area contributed by atoms with Crippen LogP contribution in [0.25, 0.3) is 0 Å². The van der Waals surface area contributed by atoms with Gasteiger partial charge in [0.15, 0.2) is 0 Å². The number of hydrogen-bond donors (Lipinski definition) is 1. The number of rotatable bonds is 8. The van der Waals surface area contributed by atoms with Crippen molar-refractivity contribution in [1.82, 2.24) is 15.1 Å². The summed E-state index contributed by atoms with van der Waals surface area (Å²) < 4.78 is 5.42. The highest BCUT2D eigenvalue weighted by atomic mass is 16.5. The van der Waals surface area contributed by atoms with Gasteiger partial charge in [0.1, 0.15) is 5.75 Å². The topological polar surface area (TPSA) is 61.9 Å². The van der Waals surface area contributed by atoms with Gasteiger partial charge in [-0.05, 0) is 73.4 Å². The third-order valence-corrected chi connectivity index (χ3v) is 8.98. The summed E-state index contributed by atoms with van der Waals surface area (Å²) in [6.07, 6.45) is 7.66. The van der Waals surface area contributed by atoms with Gasteiger partial charge in [-0.1, -0.05) is 63.4 Å². The summed E-state index contributed by atoms with van der Waals surface area (Å²) >= 11 is 0. The fourth-order valence-electron chi connectivity index (χ4n) is 7.35. The van der Waals surface area contributed by atoms with E-state index < -0.39 is 5.92 Å². The lowest BCUT2D eigenvalue weighted by molar-refractivity contribution is -0.124. The van der Waals surface area contributed by atoms with Crippen molar-refractivity contribution in [2.24, 2.45) is 11.8 Å². The first-order valence-electron chi connectivity index (χ1n) is 15.0. The molecule has 2 heterocycles. The largest absolute Gasteiger partial charge is 0.497 e. The van der Waals surface area contributed by atoms with E-state index in [1.54, 1.807) is 7.11 Å². The Morgan fingerprint density at radius 2 is 1.67 bits per heavy atom. The Balaban J connectivity index is 1.41. The molecule has 2 fully saturated rings. The predicted octanol–water partition coefficient (Wildman–Crippen LogP) is 5.79. The molecule has 0 spiro atoms. The summed E-state index contributed by atoms with van der Waals surface area (Å²) in [6.45, 7) is 8.61. The molecule has 1 saturated carbocycles. The first kappa shape index (κ1) is 27.7. The molecule has 0 aromatic heterocycles. The molecule has 2 aromatic carbocycles. The van der Waals surface area contributed by atoms with E-state index in [1.807, 2.05) is 48.5 Å². The summed E-state index contributed by atoms with van der Waals surface area (Å²) in [6, 6.07) is 15.5. The molecule has 6 heteroatoms. The molecule has 0 bridgehead atoms. The monoisotopic (exact) mass is 531 g/mol. The van der Waals surface area contributed by atoms with E-state index in [0.29, 0.717) is 12.1 Å². The second-order valence-electron chi connectivity index (χ2n) is 12.1. The Bertz CT molecular complexity index is 1120. The molecule has 0 radical (unpaired) electrons. The lowest BCUT2D eigenvalue weighted by Gasteiger charge is -2.46. The zero-order chi connectivity index (χ0) is 27.4. The number of methoxy groups -OCH3 is 1. The number of fused-ring (bicyclic) bond motifs is 1. The van der Waals surface area contributed by atoms with Gasteiger partial charge < -0.3 is 19.9 Å². The molecule has 4 atom stereocenters. The van der Waals surface area contributed by atoms with Crippen LogP contribution in [-0.4, -0.2) is 60.9 Å². The van der Waals surface area contributed by atoms with Gasteiger partial charge in [0, 0.05) is 31.2 Å². The highest BCUT2D eigenvalue weighted by molar-refractivity contribution is 6.01. The molecular weight excluding hydrogens is 486 g/mol. The van der Waals surface area contributed by atoms with Gasteiger partial charge in [0.25, 0.3) is 5.91 Å². The maximum Gasteiger partial charge on any atom is 0.254 e. The van der Waals surface area contributed by atoms with Gasteiger partial charge in [-0.15, -0.1) is 0 Å². The summed E-state index contributed by atoms with van der Waals surface area (Å²) in [5.74, 6) is 1.84. The predicted molar refractivity (Wildman–Crippen MR) is 155 cm³/mol. The van der Waals surface area contributed by atoms with Gasteiger partial charge in [0.05, 0.1) is 19.1 Å². The number of carbonyl (C=O) groups excluding carboxylic acids is 2. The molecule has 3 aliphatic rings. The summed E-state index contributed by atoms with van der Waals surface area (Å²) in [7, 11) is 1.66. The molecule has 5 rings (SSSR count). The van der Waals surface area contributed by atoms with Crippen LogP contribution >= 0.6 is 0 Å². The Labute approximate surface area is 234 Å². The zero-order valence-electron chi connectivity index (χ0n) is 23.9. The van der Waals surface area contributed by atoms with Crippen molar-refractivity contribution >= 4 is 11.8 Å². The number of benzene rings is 2. The third-order valence-electron chi connectivity index (χ3n) is 8.98. The Morgan fingerprint density at radius 3 is 2.36 bits per heavy atom. The van der Waals surface area contributed by atoms with E-state index >= 15 is 0 Å². The Kier molecular flexibility index (Phi) is 8.91. The first-order valence-corrected chi connectivity index (χ1v) is 15.0. The quantitative estimate of drug-likeness (QED) is 0.438. The van der Waals surface area contributed by atoms with Crippen molar-refractivity contribution < 1.29 is 14.3 Å². The number of nitrogens with zero attached hydrogens (tertiary/aromatic N) is 2. The van der Waals surface area contributed by atoms with Crippen molar-refractivity contribution in [2.45, 2.75) is 76.8 Å². The van der Waals surface area contributed by atoms with Crippen molar-refractivity contribution in [3.8, 4) is 5.75 Å². The van der Waals surface area contributed by atoms with Crippen LogP contribution in [0, 0.1) is 11.8 Å². The number of carbonyl (C=O) groups is 2. The minimum atomic E-state index is -0.454. The van der Waals surface area contributed by atoms with Gasteiger partial charge in [-0.25, -0.2) is 0 Å². The number of ether oxygens (including phenoxy) is 1. The molecule has 2 amide bonds. The molecular formula is C33H45N3O3. The lowest BCUT2D eigenvalue weighted by atomic mass is 9.77. The number of likely N-dealkylation sites (tertiary alicyclic amines) is 1. The van der Waals surface area contributed by atoms with E-state index in [9.17, 15) is 9.59 Å². The molecule has 1 aliphatic carbocycles. The van der Waals surface area contributed by atoms with Gasteiger partial charge in [0.2, 0.25) is 5.91 Å². The maximum absolute atomic E-state index is 14.1. The molecule has 1 saturated heterocycles. The van der Waals surface area contributed by atoms with Crippen molar-refractivity contribution in [3.63, 3.8) is 0 Å². The summed E-state index contributed by atoms with van der Waals surface area (Å²) in [5.41, 5.74) is 2.50. The van der Waals surface area contributed by atoms with Crippen LogP contribution in [0.15, 0.2) is 48.5 Å². The minimum absolute atomic E-state index is 0.0111. The molecule has 0 unspecified atom stereocenters. The van der Waals surface area contributed by atoms with Crippen LogP contribution in [0.2, 0.25) is 0 Å². The standard InChI is InChI=1S/C33H45N3O3/c1-23-20-24(2)22-35(21-23)19-9-18-34-32(37)30-28-12-7-8-13-29(28)33(38)36(26-10-5-4-6-11-26)31(30)25-14-16-27(39-3)17-15-25/h7-8,12-17,23-24,26,30-31H,4-6,9-11,18-22H2,1-3H3,(H,34,37)/t23-,24-,30+,31+/m0/s1. The van der Waals surface area contributed by atoms with Gasteiger partial charge >= 0.3 is 0 Å². The first-order chi connectivity index (χ1) is 19.0. The van der Waals surface area contributed by atoms with Gasteiger partial charge in [-0.2, -0.15) is 0 Å². The molecule has 1 N–H and O–H groups in total. The lowest BCUT2D eigenvalue weighted by Crippen LogP contribution is -2.52. The smallest absolute Gasteiger partial charge is 0.254 e. The molecule has 210 valence electrons. The highest BCUT2D eigenvalue weighted by Crippen LogP contribution is 2.46. The van der Waals surface area contributed by atoms with Crippen LogP contribution in [-0.2, 0) is 4.79 Å². The fraction of sp³-hybridized carbons (Fsp3) is 0.576. The van der Waals surface area contributed by atoms with E-state index in [4.69, 9.17) is 4.74 Å². The Morgan fingerprint density at radius 1 is 0.974 bits per heavy atom.